The summed E-state index contributed by atoms with van der Waals surface area (Å²) in [5, 5.41) is 5.92. The monoisotopic (exact) mass is 333 g/mol. The summed E-state index contributed by atoms with van der Waals surface area (Å²) in [6.45, 7) is 2.53. The van der Waals surface area contributed by atoms with E-state index in [9.17, 15) is 14.0 Å². The second kappa shape index (κ2) is 7.20. The van der Waals surface area contributed by atoms with Crippen molar-refractivity contribution in [2.45, 2.75) is 51.1 Å². The van der Waals surface area contributed by atoms with Gasteiger partial charge in [-0.15, -0.1) is 0 Å². The van der Waals surface area contributed by atoms with E-state index in [0.717, 1.165) is 19.3 Å². The van der Waals surface area contributed by atoms with Crippen LogP contribution in [-0.4, -0.2) is 30.6 Å². The van der Waals surface area contributed by atoms with Gasteiger partial charge < -0.3 is 15.5 Å². The maximum Gasteiger partial charge on any atom is 0.315 e. The van der Waals surface area contributed by atoms with Gasteiger partial charge in [0.2, 0.25) is 5.91 Å². The molecule has 1 aromatic rings. The Hall–Kier alpha value is -2.11. The van der Waals surface area contributed by atoms with E-state index in [-0.39, 0.29) is 36.3 Å². The molecule has 0 bridgehead atoms. The average Bonchev–Trinajstić information content (AvgIpc) is 2.90. The summed E-state index contributed by atoms with van der Waals surface area (Å²) in [4.78, 5) is 25.9. The number of amides is 3. The molecule has 2 N–H and O–H groups in total. The lowest BCUT2D eigenvalue weighted by molar-refractivity contribution is -0.117. The molecule has 0 radical (unpaired) electrons. The smallest absolute Gasteiger partial charge is 0.315 e. The molecule has 0 spiro atoms. The number of urea groups is 1. The topological polar surface area (TPSA) is 61.4 Å². The summed E-state index contributed by atoms with van der Waals surface area (Å²) in [5.74, 6) is 0.0103. The summed E-state index contributed by atoms with van der Waals surface area (Å²) in [5.41, 5.74) is 0.533. The van der Waals surface area contributed by atoms with Crippen molar-refractivity contribution in [1.82, 2.24) is 10.6 Å². The zero-order chi connectivity index (χ0) is 17.1. The molecule has 1 aliphatic carbocycles. The predicted molar refractivity (Wildman–Crippen MR) is 90.2 cm³/mol. The molecule has 3 amide bonds. The molecule has 130 valence electrons. The van der Waals surface area contributed by atoms with Crippen LogP contribution in [0.2, 0.25) is 0 Å². The minimum Gasteiger partial charge on any atom is -0.335 e. The zero-order valence-electron chi connectivity index (χ0n) is 13.9. The lowest BCUT2D eigenvalue weighted by atomic mass is 9.86. The molecule has 24 heavy (non-hydrogen) atoms. The summed E-state index contributed by atoms with van der Waals surface area (Å²) < 4.78 is 13.3. The van der Waals surface area contributed by atoms with Crippen molar-refractivity contribution in [1.29, 1.82) is 0 Å². The number of halogens is 1. The molecule has 1 saturated carbocycles. The van der Waals surface area contributed by atoms with Crippen LogP contribution in [0.25, 0.3) is 0 Å². The number of carbonyl (C=O) groups excluding carboxylic acids is 2. The van der Waals surface area contributed by atoms with Crippen molar-refractivity contribution in [3.05, 3.63) is 30.1 Å². The highest BCUT2D eigenvalue weighted by Crippen LogP contribution is 2.24. The molecule has 0 aromatic heterocycles. The van der Waals surface area contributed by atoms with Gasteiger partial charge in [-0.3, -0.25) is 4.79 Å². The summed E-state index contributed by atoms with van der Waals surface area (Å²) in [6, 6.07) is 5.70. The van der Waals surface area contributed by atoms with Crippen LogP contribution in [0.4, 0.5) is 14.9 Å². The predicted octanol–water partition coefficient (Wildman–Crippen LogP) is 2.81. The van der Waals surface area contributed by atoms with Gasteiger partial charge in [-0.1, -0.05) is 25.8 Å². The molecular weight excluding hydrogens is 309 g/mol. The molecule has 2 aliphatic rings. The maximum atomic E-state index is 13.3. The van der Waals surface area contributed by atoms with Gasteiger partial charge in [0.05, 0.1) is 6.04 Å². The zero-order valence-corrected chi connectivity index (χ0v) is 13.9. The first-order valence-electron chi connectivity index (χ1n) is 8.66. The SMILES string of the molecule is C[C@H]1CCCC[C@@H]1NC(=O)N[C@@H]1CC(=O)N(c2cccc(F)c2)C1. The van der Waals surface area contributed by atoms with Gasteiger partial charge in [-0.25, -0.2) is 9.18 Å². The molecule has 1 heterocycles. The van der Waals surface area contributed by atoms with Gasteiger partial charge in [-0.2, -0.15) is 0 Å². The van der Waals surface area contributed by atoms with E-state index >= 15 is 0 Å². The number of carbonyl (C=O) groups is 2. The number of hydrogen-bond acceptors (Lipinski definition) is 2. The van der Waals surface area contributed by atoms with Crippen LogP contribution in [0.1, 0.15) is 39.0 Å². The molecule has 0 unspecified atom stereocenters. The normalized spacial score (nSPS) is 27.2. The number of nitrogens with one attached hydrogen (secondary N) is 2. The van der Waals surface area contributed by atoms with Crippen LogP contribution in [0.15, 0.2) is 24.3 Å². The van der Waals surface area contributed by atoms with Crippen molar-refractivity contribution in [3.63, 3.8) is 0 Å². The number of hydrogen-bond donors (Lipinski definition) is 2. The third-order valence-corrected chi connectivity index (χ3v) is 5.01. The highest BCUT2D eigenvalue weighted by molar-refractivity contribution is 5.96. The molecule has 1 aliphatic heterocycles. The summed E-state index contributed by atoms with van der Waals surface area (Å²) in [6.07, 6.45) is 4.75. The first-order chi connectivity index (χ1) is 11.5. The summed E-state index contributed by atoms with van der Waals surface area (Å²) in [7, 11) is 0. The minimum atomic E-state index is -0.374. The van der Waals surface area contributed by atoms with Gasteiger partial charge >= 0.3 is 6.03 Å². The molecule has 2 fully saturated rings. The lowest BCUT2D eigenvalue weighted by Crippen LogP contribution is -2.49. The molecular formula is C18H24FN3O2. The largest absolute Gasteiger partial charge is 0.335 e. The Morgan fingerprint density at radius 3 is 2.79 bits per heavy atom. The Bertz CT molecular complexity index is 622. The van der Waals surface area contributed by atoms with Crippen LogP contribution in [-0.2, 0) is 4.79 Å². The molecule has 1 aromatic carbocycles. The summed E-state index contributed by atoms with van der Waals surface area (Å²) >= 11 is 0. The molecule has 6 heteroatoms. The van der Waals surface area contributed by atoms with Crippen LogP contribution >= 0.6 is 0 Å². The Balaban J connectivity index is 1.55. The Kier molecular flexibility index (Phi) is 5.02. The molecule has 3 rings (SSSR count). The first kappa shape index (κ1) is 16.7. The Labute approximate surface area is 141 Å². The number of benzene rings is 1. The highest BCUT2D eigenvalue weighted by Gasteiger charge is 2.32. The Morgan fingerprint density at radius 2 is 2.04 bits per heavy atom. The van der Waals surface area contributed by atoms with E-state index in [1.54, 1.807) is 12.1 Å². The van der Waals surface area contributed by atoms with Crippen LogP contribution in [0, 0.1) is 11.7 Å². The van der Waals surface area contributed by atoms with E-state index < -0.39 is 0 Å². The van der Waals surface area contributed by atoms with Gasteiger partial charge in [0.25, 0.3) is 0 Å². The fraction of sp³-hybridized carbons (Fsp3) is 0.556. The van der Waals surface area contributed by atoms with Gasteiger partial charge in [0.1, 0.15) is 5.82 Å². The van der Waals surface area contributed by atoms with E-state index in [0.29, 0.717) is 18.2 Å². The average molecular weight is 333 g/mol. The van der Waals surface area contributed by atoms with Gasteiger partial charge in [0.15, 0.2) is 0 Å². The number of rotatable bonds is 3. The van der Waals surface area contributed by atoms with Crippen LogP contribution in [0.3, 0.4) is 0 Å². The van der Waals surface area contributed by atoms with E-state index in [1.807, 2.05) is 0 Å². The molecule has 3 atom stereocenters. The van der Waals surface area contributed by atoms with Gasteiger partial charge in [0, 0.05) is 24.7 Å². The van der Waals surface area contributed by atoms with E-state index in [1.165, 1.54) is 23.5 Å². The van der Waals surface area contributed by atoms with Crippen molar-refractivity contribution in [2.24, 2.45) is 5.92 Å². The van der Waals surface area contributed by atoms with Crippen molar-refractivity contribution in [2.75, 3.05) is 11.4 Å². The third kappa shape index (κ3) is 3.86. The Morgan fingerprint density at radius 1 is 1.25 bits per heavy atom. The third-order valence-electron chi connectivity index (χ3n) is 5.01. The second-order valence-electron chi connectivity index (χ2n) is 6.87. The van der Waals surface area contributed by atoms with E-state index in [2.05, 4.69) is 17.6 Å². The fourth-order valence-electron chi connectivity index (χ4n) is 3.62. The molecule has 5 nitrogen and oxygen atoms in total. The van der Waals surface area contributed by atoms with Crippen molar-refractivity contribution >= 4 is 17.6 Å². The van der Waals surface area contributed by atoms with E-state index in [4.69, 9.17) is 0 Å². The van der Waals surface area contributed by atoms with Gasteiger partial charge in [-0.05, 0) is 37.0 Å². The minimum absolute atomic E-state index is 0.100. The van der Waals surface area contributed by atoms with Crippen LogP contribution in [0.5, 0.6) is 0 Å². The fourth-order valence-corrected chi connectivity index (χ4v) is 3.62. The second-order valence-corrected chi connectivity index (χ2v) is 6.87. The first-order valence-corrected chi connectivity index (χ1v) is 8.66. The quantitative estimate of drug-likeness (QED) is 0.893. The lowest BCUT2D eigenvalue weighted by Gasteiger charge is -2.30. The number of anilines is 1. The van der Waals surface area contributed by atoms with Crippen molar-refractivity contribution < 1.29 is 14.0 Å². The number of nitrogens with zero attached hydrogens (tertiary/aromatic N) is 1. The maximum absolute atomic E-state index is 13.3. The highest BCUT2D eigenvalue weighted by atomic mass is 19.1. The van der Waals surface area contributed by atoms with Crippen molar-refractivity contribution in [3.8, 4) is 0 Å². The molecule has 1 saturated heterocycles. The van der Waals surface area contributed by atoms with Crippen LogP contribution < -0.4 is 15.5 Å². The standard InChI is InChI=1S/C18H24FN3O2/c1-12-5-2-3-8-16(12)21-18(24)20-14-10-17(23)22(11-14)15-7-4-6-13(19)9-15/h4,6-7,9,12,14,16H,2-3,5,8,10-11H2,1H3,(H2,20,21,24)/t12-,14+,16-/m0/s1.